The summed E-state index contributed by atoms with van der Waals surface area (Å²) in [6.07, 6.45) is -1.08. The average molecular weight is 146 g/mol. The lowest BCUT2D eigenvalue weighted by molar-refractivity contribution is -0.118. The summed E-state index contributed by atoms with van der Waals surface area (Å²) in [5.41, 5.74) is 0. The zero-order valence-electron chi connectivity index (χ0n) is 5.68. The minimum Gasteiger partial charge on any atom is -0.465 e. The van der Waals surface area contributed by atoms with E-state index in [1.807, 2.05) is 0 Å². The van der Waals surface area contributed by atoms with Gasteiger partial charge >= 0.3 is 6.09 Å². The van der Waals surface area contributed by atoms with Crippen LogP contribution in [0, 0.1) is 0 Å². The van der Waals surface area contributed by atoms with E-state index < -0.39 is 6.09 Å². The molecule has 0 atom stereocenters. The number of amides is 2. The summed E-state index contributed by atoms with van der Waals surface area (Å²) in [7, 11) is 0. The fourth-order valence-corrected chi connectivity index (χ4v) is 0.408. The smallest absolute Gasteiger partial charge is 0.404 e. The van der Waals surface area contributed by atoms with Crippen molar-refractivity contribution in [3.63, 3.8) is 0 Å². The fourth-order valence-electron chi connectivity index (χ4n) is 0.408. The van der Waals surface area contributed by atoms with Crippen molar-refractivity contribution < 1.29 is 14.7 Å². The largest absolute Gasteiger partial charge is 0.465 e. The van der Waals surface area contributed by atoms with Gasteiger partial charge in [-0.2, -0.15) is 0 Å². The second-order valence-electron chi connectivity index (χ2n) is 1.71. The Hall–Kier alpha value is -1.26. The van der Waals surface area contributed by atoms with E-state index in [0.29, 0.717) is 6.54 Å². The van der Waals surface area contributed by atoms with Crippen LogP contribution in [0.2, 0.25) is 0 Å². The van der Waals surface area contributed by atoms with Crippen molar-refractivity contribution in [3.8, 4) is 0 Å². The number of carboxylic acid groups (broad SMARTS) is 1. The van der Waals surface area contributed by atoms with E-state index in [1.165, 1.54) is 6.92 Å². The van der Waals surface area contributed by atoms with E-state index >= 15 is 0 Å². The number of rotatable bonds is 3. The van der Waals surface area contributed by atoms with Crippen molar-refractivity contribution in [1.29, 1.82) is 0 Å². The molecule has 2 amide bonds. The number of hydrogen-bond acceptors (Lipinski definition) is 2. The first-order valence-electron chi connectivity index (χ1n) is 2.84. The Morgan fingerprint density at radius 1 is 1.30 bits per heavy atom. The monoisotopic (exact) mass is 146 g/mol. The molecule has 0 heterocycles. The molecular weight excluding hydrogens is 136 g/mol. The molecule has 0 aromatic heterocycles. The van der Waals surface area contributed by atoms with E-state index in [4.69, 9.17) is 5.11 Å². The molecule has 10 heavy (non-hydrogen) atoms. The third-order valence-electron chi connectivity index (χ3n) is 0.775. The topological polar surface area (TPSA) is 78.4 Å². The predicted octanol–water partition coefficient (Wildman–Crippen LogP) is -0.610. The summed E-state index contributed by atoms with van der Waals surface area (Å²) < 4.78 is 0. The molecule has 0 aromatic carbocycles. The van der Waals surface area contributed by atoms with Gasteiger partial charge in [0.2, 0.25) is 5.91 Å². The SMILES string of the molecule is CC(=O)NCCNC(=O)O. The highest BCUT2D eigenvalue weighted by atomic mass is 16.4. The maximum atomic E-state index is 10.2. The van der Waals surface area contributed by atoms with Crippen LogP contribution in [0.25, 0.3) is 0 Å². The summed E-state index contributed by atoms with van der Waals surface area (Å²) >= 11 is 0. The van der Waals surface area contributed by atoms with Crippen LogP contribution >= 0.6 is 0 Å². The molecule has 0 aliphatic rings. The minimum absolute atomic E-state index is 0.160. The van der Waals surface area contributed by atoms with Gasteiger partial charge in [-0.25, -0.2) is 4.79 Å². The molecule has 0 spiro atoms. The molecule has 0 bridgehead atoms. The van der Waals surface area contributed by atoms with Gasteiger partial charge in [-0.15, -0.1) is 0 Å². The van der Waals surface area contributed by atoms with Crippen molar-refractivity contribution in [1.82, 2.24) is 10.6 Å². The van der Waals surface area contributed by atoms with E-state index in [-0.39, 0.29) is 12.5 Å². The normalized spacial score (nSPS) is 8.50. The van der Waals surface area contributed by atoms with Gasteiger partial charge in [0.1, 0.15) is 0 Å². The van der Waals surface area contributed by atoms with Gasteiger partial charge in [0.15, 0.2) is 0 Å². The summed E-state index contributed by atoms with van der Waals surface area (Å²) in [6.45, 7) is 1.96. The van der Waals surface area contributed by atoms with Crippen LogP contribution in [0.4, 0.5) is 4.79 Å². The van der Waals surface area contributed by atoms with E-state index in [1.54, 1.807) is 0 Å². The highest BCUT2D eigenvalue weighted by Crippen LogP contribution is 1.62. The first-order chi connectivity index (χ1) is 4.63. The second kappa shape index (κ2) is 4.60. The van der Waals surface area contributed by atoms with Gasteiger partial charge in [-0.05, 0) is 0 Å². The van der Waals surface area contributed by atoms with E-state index in [0.717, 1.165) is 0 Å². The summed E-state index contributed by atoms with van der Waals surface area (Å²) in [6, 6.07) is 0. The lowest BCUT2D eigenvalue weighted by Gasteiger charge is -2.00. The molecule has 0 fully saturated rings. The molecule has 0 saturated carbocycles. The van der Waals surface area contributed by atoms with Gasteiger partial charge in [0.05, 0.1) is 0 Å². The third-order valence-corrected chi connectivity index (χ3v) is 0.775. The Balaban J connectivity index is 3.06. The predicted molar refractivity (Wildman–Crippen MR) is 34.7 cm³/mol. The van der Waals surface area contributed by atoms with Crippen molar-refractivity contribution in [2.45, 2.75) is 6.92 Å². The molecule has 3 N–H and O–H groups in total. The Kier molecular flexibility index (Phi) is 4.02. The van der Waals surface area contributed by atoms with Crippen molar-refractivity contribution >= 4 is 12.0 Å². The molecule has 0 aromatic rings. The summed E-state index contributed by atoms with van der Waals surface area (Å²) in [5.74, 6) is -0.160. The van der Waals surface area contributed by atoms with Crippen LogP contribution in [0.5, 0.6) is 0 Å². The quantitative estimate of drug-likeness (QED) is 0.465. The Morgan fingerprint density at radius 2 is 1.80 bits per heavy atom. The molecule has 58 valence electrons. The zero-order chi connectivity index (χ0) is 7.98. The van der Waals surface area contributed by atoms with E-state index in [9.17, 15) is 9.59 Å². The molecule has 0 saturated heterocycles. The molecule has 0 radical (unpaired) electrons. The van der Waals surface area contributed by atoms with Gasteiger partial charge < -0.3 is 15.7 Å². The van der Waals surface area contributed by atoms with Crippen molar-refractivity contribution in [2.24, 2.45) is 0 Å². The number of carbonyl (C=O) groups is 2. The molecule has 0 aliphatic heterocycles. The zero-order valence-corrected chi connectivity index (χ0v) is 5.68. The maximum Gasteiger partial charge on any atom is 0.404 e. The van der Waals surface area contributed by atoms with Gasteiger partial charge in [0.25, 0.3) is 0 Å². The van der Waals surface area contributed by atoms with Crippen molar-refractivity contribution in [3.05, 3.63) is 0 Å². The van der Waals surface area contributed by atoms with Crippen LogP contribution in [0.15, 0.2) is 0 Å². The molecule has 0 rings (SSSR count). The molecule has 5 nitrogen and oxygen atoms in total. The minimum atomic E-state index is -1.08. The van der Waals surface area contributed by atoms with Gasteiger partial charge in [0, 0.05) is 20.0 Å². The molecule has 0 aliphatic carbocycles. The molecule has 5 heteroatoms. The van der Waals surface area contributed by atoms with Crippen LogP contribution in [-0.2, 0) is 4.79 Å². The van der Waals surface area contributed by atoms with Gasteiger partial charge in [-0.3, -0.25) is 4.79 Å². The average Bonchev–Trinajstić information content (AvgIpc) is 1.79. The Bertz CT molecular complexity index is 119. The lowest BCUT2D eigenvalue weighted by atomic mass is 10.6. The third kappa shape index (κ3) is 6.74. The first kappa shape index (κ1) is 8.74. The summed E-state index contributed by atoms with van der Waals surface area (Å²) in [4.78, 5) is 20.0. The highest BCUT2D eigenvalue weighted by molar-refractivity contribution is 5.72. The number of hydrogen-bond donors (Lipinski definition) is 3. The Morgan fingerprint density at radius 3 is 2.20 bits per heavy atom. The first-order valence-corrected chi connectivity index (χ1v) is 2.84. The molecule has 0 unspecified atom stereocenters. The van der Waals surface area contributed by atoms with Crippen molar-refractivity contribution in [2.75, 3.05) is 13.1 Å². The highest BCUT2D eigenvalue weighted by Gasteiger charge is 1.92. The van der Waals surface area contributed by atoms with Gasteiger partial charge in [-0.1, -0.05) is 0 Å². The number of nitrogens with one attached hydrogen (secondary N) is 2. The van der Waals surface area contributed by atoms with Crippen LogP contribution in [0.1, 0.15) is 6.92 Å². The van der Waals surface area contributed by atoms with E-state index in [2.05, 4.69) is 10.6 Å². The lowest BCUT2D eigenvalue weighted by Crippen LogP contribution is -2.32. The van der Waals surface area contributed by atoms with Crippen LogP contribution in [-0.4, -0.2) is 30.2 Å². The standard InChI is InChI=1S/C5H10N2O3/c1-4(8)6-2-3-7-5(9)10/h7H,2-3H2,1H3,(H,6,8)(H,9,10). The fraction of sp³-hybridized carbons (Fsp3) is 0.600. The van der Waals surface area contributed by atoms with Crippen LogP contribution < -0.4 is 10.6 Å². The second-order valence-corrected chi connectivity index (χ2v) is 1.71. The Labute approximate surface area is 58.4 Å². The maximum absolute atomic E-state index is 10.2. The summed E-state index contributed by atoms with van der Waals surface area (Å²) in [5, 5.41) is 12.6. The molecular formula is C5H10N2O3. The van der Waals surface area contributed by atoms with Crippen LogP contribution in [0.3, 0.4) is 0 Å². The number of carbonyl (C=O) groups excluding carboxylic acids is 1.